The second-order valence-corrected chi connectivity index (χ2v) is 8.19. The highest BCUT2D eigenvalue weighted by Crippen LogP contribution is 2.32. The van der Waals surface area contributed by atoms with Crippen LogP contribution in [0.2, 0.25) is 0 Å². The molecule has 4 rings (SSSR count). The largest absolute Gasteiger partial charge is 0.490 e. The van der Waals surface area contributed by atoms with E-state index in [1.165, 1.54) is 0 Å². The lowest BCUT2D eigenvalue weighted by Gasteiger charge is -2.32. The summed E-state index contributed by atoms with van der Waals surface area (Å²) in [5, 5.41) is 0. The topological polar surface area (TPSA) is 59.1 Å². The van der Waals surface area contributed by atoms with Crippen LogP contribution in [0.5, 0.6) is 5.75 Å². The van der Waals surface area contributed by atoms with Gasteiger partial charge in [0.2, 0.25) is 5.91 Å². The van der Waals surface area contributed by atoms with E-state index in [1.54, 1.807) is 7.11 Å². The van der Waals surface area contributed by atoms with Crippen LogP contribution in [0.4, 0.5) is 0 Å². The molecule has 2 saturated heterocycles. The number of likely N-dealkylation sites (tertiary alicyclic amines) is 2. The zero-order valence-electron chi connectivity index (χ0n) is 16.6. The number of nitrogens with zero attached hydrogens (tertiary/aromatic N) is 2. The lowest BCUT2D eigenvalue weighted by Crippen LogP contribution is -2.43. The molecule has 1 aromatic rings. The van der Waals surface area contributed by atoms with Crippen LogP contribution in [0.15, 0.2) is 24.3 Å². The van der Waals surface area contributed by atoms with Crippen LogP contribution in [0.25, 0.3) is 0 Å². The van der Waals surface area contributed by atoms with E-state index >= 15 is 0 Å². The molecule has 0 bridgehead atoms. The van der Waals surface area contributed by atoms with Crippen molar-refractivity contribution in [1.29, 1.82) is 0 Å². The van der Waals surface area contributed by atoms with Crippen molar-refractivity contribution in [3.63, 3.8) is 0 Å². The van der Waals surface area contributed by atoms with E-state index in [2.05, 4.69) is 0 Å². The van der Waals surface area contributed by atoms with E-state index in [9.17, 15) is 9.59 Å². The van der Waals surface area contributed by atoms with E-state index in [-0.39, 0.29) is 18.1 Å². The van der Waals surface area contributed by atoms with Crippen molar-refractivity contribution in [3.05, 3.63) is 29.8 Å². The standard InChI is InChI=1S/C22H30N2O4/c1-27-20-3-2-12-24(15-20)22(26)17-6-8-18(9-7-17)28-19-10-13-23(14-11-19)21(25)16-4-5-16/h6-9,16,19-20H,2-5,10-15H2,1H3. The van der Waals surface area contributed by atoms with Crippen molar-refractivity contribution in [2.45, 2.75) is 50.7 Å². The number of hydrogen-bond acceptors (Lipinski definition) is 4. The van der Waals surface area contributed by atoms with Crippen molar-refractivity contribution in [3.8, 4) is 5.75 Å². The molecule has 2 heterocycles. The third kappa shape index (κ3) is 4.49. The predicted molar refractivity (Wildman–Crippen MR) is 105 cm³/mol. The monoisotopic (exact) mass is 386 g/mol. The Morgan fingerprint density at radius 2 is 1.61 bits per heavy atom. The van der Waals surface area contributed by atoms with Gasteiger partial charge in [-0.05, 0) is 49.9 Å². The summed E-state index contributed by atoms with van der Waals surface area (Å²) in [5.41, 5.74) is 0.689. The molecule has 28 heavy (non-hydrogen) atoms. The molecule has 0 N–H and O–H groups in total. The number of carbonyl (C=O) groups excluding carboxylic acids is 2. The van der Waals surface area contributed by atoms with Crippen molar-refractivity contribution in [2.75, 3.05) is 33.3 Å². The molecule has 0 aromatic heterocycles. The molecule has 2 aliphatic heterocycles. The molecule has 6 nitrogen and oxygen atoms in total. The summed E-state index contributed by atoms with van der Waals surface area (Å²) >= 11 is 0. The van der Waals surface area contributed by atoms with Gasteiger partial charge in [0.05, 0.1) is 6.10 Å². The Labute approximate surface area is 166 Å². The van der Waals surface area contributed by atoms with Gasteiger partial charge in [0, 0.05) is 57.6 Å². The molecule has 2 amide bonds. The second-order valence-electron chi connectivity index (χ2n) is 8.19. The third-order valence-corrected chi connectivity index (χ3v) is 6.08. The van der Waals surface area contributed by atoms with Crippen molar-refractivity contribution < 1.29 is 19.1 Å². The van der Waals surface area contributed by atoms with E-state index in [1.807, 2.05) is 34.1 Å². The SMILES string of the molecule is COC1CCCN(C(=O)c2ccc(OC3CCN(C(=O)C4CC4)CC3)cc2)C1. The van der Waals surface area contributed by atoms with Gasteiger partial charge in [-0.15, -0.1) is 0 Å². The number of hydrogen-bond donors (Lipinski definition) is 0. The number of piperidine rings is 2. The molecule has 152 valence electrons. The molecule has 1 saturated carbocycles. The number of carbonyl (C=O) groups is 2. The predicted octanol–water partition coefficient (Wildman–Crippen LogP) is 2.72. The highest BCUT2D eigenvalue weighted by molar-refractivity contribution is 5.94. The van der Waals surface area contributed by atoms with Crippen LogP contribution in [0.1, 0.15) is 48.9 Å². The van der Waals surface area contributed by atoms with Gasteiger partial charge in [0.15, 0.2) is 0 Å². The summed E-state index contributed by atoms with van der Waals surface area (Å²) in [5.74, 6) is 1.47. The molecule has 3 fully saturated rings. The van der Waals surface area contributed by atoms with Crippen LogP contribution in [-0.4, -0.2) is 67.1 Å². The molecule has 3 aliphatic rings. The molecule has 1 aromatic carbocycles. The number of benzene rings is 1. The maximum Gasteiger partial charge on any atom is 0.253 e. The van der Waals surface area contributed by atoms with E-state index < -0.39 is 0 Å². The molecular formula is C22H30N2O4. The maximum absolute atomic E-state index is 12.7. The van der Waals surface area contributed by atoms with E-state index in [0.29, 0.717) is 23.9 Å². The number of ether oxygens (including phenoxy) is 2. The fourth-order valence-corrected chi connectivity index (χ4v) is 4.15. The first kappa shape index (κ1) is 19.2. The molecule has 1 unspecified atom stereocenters. The summed E-state index contributed by atoms with van der Waals surface area (Å²) < 4.78 is 11.5. The van der Waals surface area contributed by atoms with Gasteiger partial charge in [-0.1, -0.05) is 0 Å². The Bertz CT molecular complexity index is 693. The molecule has 1 aliphatic carbocycles. The Morgan fingerprint density at radius 1 is 0.893 bits per heavy atom. The minimum atomic E-state index is 0.0557. The minimum Gasteiger partial charge on any atom is -0.490 e. The van der Waals surface area contributed by atoms with Gasteiger partial charge < -0.3 is 19.3 Å². The Kier molecular flexibility index (Phi) is 5.85. The molecule has 6 heteroatoms. The summed E-state index contributed by atoms with van der Waals surface area (Å²) in [4.78, 5) is 28.7. The lowest BCUT2D eigenvalue weighted by atomic mass is 10.1. The van der Waals surface area contributed by atoms with Gasteiger partial charge in [0.25, 0.3) is 5.91 Å². The van der Waals surface area contributed by atoms with Crippen LogP contribution >= 0.6 is 0 Å². The van der Waals surface area contributed by atoms with Crippen molar-refractivity contribution in [2.24, 2.45) is 5.92 Å². The zero-order chi connectivity index (χ0) is 19.5. The number of amides is 2. The summed E-state index contributed by atoms with van der Waals surface area (Å²) in [6.07, 6.45) is 6.11. The van der Waals surface area contributed by atoms with Crippen LogP contribution < -0.4 is 4.74 Å². The normalized spacial score (nSPS) is 23.5. The number of methoxy groups -OCH3 is 1. The first-order valence-corrected chi connectivity index (χ1v) is 10.5. The summed E-state index contributed by atoms with van der Waals surface area (Å²) in [6, 6.07) is 7.46. The smallest absolute Gasteiger partial charge is 0.253 e. The molecule has 0 radical (unpaired) electrons. The fraction of sp³-hybridized carbons (Fsp3) is 0.636. The van der Waals surface area contributed by atoms with Gasteiger partial charge in [-0.2, -0.15) is 0 Å². The fourth-order valence-electron chi connectivity index (χ4n) is 4.15. The zero-order valence-corrected chi connectivity index (χ0v) is 16.6. The third-order valence-electron chi connectivity index (χ3n) is 6.08. The van der Waals surface area contributed by atoms with Gasteiger partial charge in [0.1, 0.15) is 11.9 Å². The average Bonchev–Trinajstić information content (AvgIpc) is 3.59. The first-order valence-electron chi connectivity index (χ1n) is 10.5. The van der Waals surface area contributed by atoms with Gasteiger partial charge in [-0.25, -0.2) is 0 Å². The minimum absolute atomic E-state index is 0.0557. The van der Waals surface area contributed by atoms with Crippen LogP contribution in [0.3, 0.4) is 0 Å². The summed E-state index contributed by atoms with van der Waals surface area (Å²) in [7, 11) is 1.71. The molecule has 1 atom stereocenters. The highest BCUT2D eigenvalue weighted by atomic mass is 16.5. The van der Waals surface area contributed by atoms with Crippen LogP contribution in [-0.2, 0) is 9.53 Å². The quantitative estimate of drug-likeness (QED) is 0.781. The van der Waals surface area contributed by atoms with E-state index in [4.69, 9.17) is 9.47 Å². The Balaban J connectivity index is 1.27. The van der Waals surface area contributed by atoms with Crippen molar-refractivity contribution in [1.82, 2.24) is 9.80 Å². The Morgan fingerprint density at radius 3 is 2.25 bits per heavy atom. The average molecular weight is 386 g/mol. The summed E-state index contributed by atoms with van der Waals surface area (Å²) in [6.45, 7) is 3.01. The van der Waals surface area contributed by atoms with E-state index in [0.717, 1.165) is 63.9 Å². The number of rotatable bonds is 5. The molecule has 0 spiro atoms. The van der Waals surface area contributed by atoms with Crippen LogP contribution in [0, 0.1) is 5.92 Å². The highest BCUT2D eigenvalue weighted by Gasteiger charge is 2.35. The first-order chi connectivity index (χ1) is 13.6. The second kappa shape index (κ2) is 8.52. The maximum atomic E-state index is 12.7. The van der Waals surface area contributed by atoms with Gasteiger partial charge >= 0.3 is 0 Å². The molecular weight excluding hydrogens is 356 g/mol. The Hall–Kier alpha value is -2.08. The van der Waals surface area contributed by atoms with Gasteiger partial charge in [-0.3, -0.25) is 9.59 Å². The van der Waals surface area contributed by atoms with Crippen molar-refractivity contribution >= 4 is 11.8 Å². The lowest BCUT2D eigenvalue weighted by molar-refractivity contribution is -0.134.